The van der Waals surface area contributed by atoms with E-state index in [-0.39, 0.29) is 46.4 Å². The fourth-order valence-corrected chi connectivity index (χ4v) is 5.91. The Morgan fingerprint density at radius 3 is 2.51 bits per heavy atom. The van der Waals surface area contributed by atoms with Crippen molar-refractivity contribution in [2.45, 2.75) is 69.4 Å². The quantitative estimate of drug-likeness (QED) is 0.211. The highest BCUT2D eigenvalue weighted by molar-refractivity contribution is 9.09. The number of hydrogen-bond acceptors (Lipinski definition) is 11. The minimum atomic E-state index is -2.01. The number of fused-ring (bicyclic) bond motifs is 3. The molecular formula is C27H28BrNO10. The maximum absolute atomic E-state index is 13.7. The molecule has 2 aliphatic carbocycles. The first-order valence-electron chi connectivity index (χ1n) is 12.4. The highest BCUT2D eigenvalue weighted by Crippen LogP contribution is 2.52. The molecule has 11 nitrogen and oxygen atoms in total. The number of alkyl halides is 1. The summed E-state index contributed by atoms with van der Waals surface area (Å²) in [4.78, 5) is 39.8. The molecule has 0 bridgehead atoms. The zero-order chi connectivity index (χ0) is 28.4. The summed E-state index contributed by atoms with van der Waals surface area (Å²) < 4.78 is 17.3. The Kier molecular flexibility index (Phi) is 7.06. The van der Waals surface area contributed by atoms with Crippen molar-refractivity contribution >= 4 is 33.3 Å². The van der Waals surface area contributed by atoms with Gasteiger partial charge in [0.05, 0.1) is 35.0 Å². The summed E-state index contributed by atoms with van der Waals surface area (Å²) in [6.07, 6.45) is -4.57. The van der Waals surface area contributed by atoms with Gasteiger partial charge in [-0.25, -0.2) is 0 Å². The first kappa shape index (κ1) is 27.7. The number of aromatic hydroxyl groups is 2. The average molecular weight is 606 g/mol. The Balaban J connectivity index is 1.68. The van der Waals surface area contributed by atoms with Crippen molar-refractivity contribution in [3.8, 4) is 17.2 Å². The number of aliphatic hydroxyl groups excluding tert-OH is 1. The van der Waals surface area contributed by atoms with E-state index in [2.05, 4.69) is 15.9 Å². The van der Waals surface area contributed by atoms with Gasteiger partial charge in [0.25, 0.3) is 0 Å². The number of Topliss-reactive ketones (excluding diaryl/α,β-unsaturated/α-hetero) is 1. The van der Waals surface area contributed by atoms with Gasteiger partial charge in [0, 0.05) is 42.0 Å². The third-order valence-corrected chi connectivity index (χ3v) is 8.02. The standard InChI is InChI=1S/C27H28BrNO10/c1-10-22(31)14(29)6-17(38-10)39-16-8-27(36,11(2)30)7-13-19(16)26(35)21-20(24(13)33)23(32)12-4-3-5-15(37-9-28)18(12)25(21)34/h3-5,10,14,16-17,22,31,33,35-36H,6-9,29H2,1-2H3/t10?,14?,16-,17?,22?,27-/m0/s1. The second-order valence-electron chi connectivity index (χ2n) is 10.2. The molecule has 6 N–H and O–H groups in total. The smallest absolute Gasteiger partial charge is 0.202 e. The Hall–Kier alpha value is -2.87. The zero-order valence-electron chi connectivity index (χ0n) is 21.1. The third-order valence-electron chi connectivity index (χ3n) is 7.79. The van der Waals surface area contributed by atoms with E-state index in [4.69, 9.17) is 19.9 Å². The molecule has 2 aromatic rings. The molecule has 4 unspecified atom stereocenters. The van der Waals surface area contributed by atoms with E-state index in [1.165, 1.54) is 25.1 Å². The molecule has 1 fully saturated rings. The zero-order valence-corrected chi connectivity index (χ0v) is 22.7. The van der Waals surface area contributed by atoms with Crippen LogP contribution in [0.1, 0.15) is 75.8 Å². The third kappa shape index (κ3) is 4.35. The average Bonchev–Trinajstić information content (AvgIpc) is 2.87. The lowest BCUT2D eigenvalue weighted by Crippen LogP contribution is -2.52. The molecule has 0 spiro atoms. The molecule has 1 heterocycles. The Morgan fingerprint density at radius 1 is 1.18 bits per heavy atom. The van der Waals surface area contributed by atoms with E-state index in [1.807, 2.05) is 0 Å². The van der Waals surface area contributed by atoms with Gasteiger partial charge >= 0.3 is 0 Å². The van der Waals surface area contributed by atoms with Crippen molar-refractivity contribution in [1.82, 2.24) is 0 Å². The van der Waals surface area contributed by atoms with Crippen LogP contribution < -0.4 is 10.5 Å². The van der Waals surface area contributed by atoms with Crippen LogP contribution in [0.2, 0.25) is 0 Å². The van der Waals surface area contributed by atoms with Crippen LogP contribution in [0.4, 0.5) is 0 Å². The Morgan fingerprint density at radius 2 is 1.87 bits per heavy atom. The molecule has 3 aliphatic rings. The van der Waals surface area contributed by atoms with E-state index in [1.54, 1.807) is 6.92 Å². The number of carbonyl (C=O) groups excluding carboxylic acids is 3. The van der Waals surface area contributed by atoms with Gasteiger partial charge in [0.1, 0.15) is 28.4 Å². The van der Waals surface area contributed by atoms with Crippen LogP contribution in [0.15, 0.2) is 18.2 Å². The maximum Gasteiger partial charge on any atom is 0.202 e. The molecular weight excluding hydrogens is 578 g/mol. The molecule has 0 saturated carbocycles. The summed E-state index contributed by atoms with van der Waals surface area (Å²) in [6, 6.07) is 3.74. The summed E-state index contributed by atoms with van der Waals surface area (Å²) in [5.41, 5.74) is 2.96. The molecule has 1 saturated heterocycles. The van der Waals surface area contributed by atoms with Gasteiger partial charge in [0.2, 0.25) is 5.78 Å². The fourth-order valence-electron chi connectivity index (χ4n) is 5.67. The summed E-state index contributed by atoms with van der Waals surface area (Å²) in [7, 11) is 0. The van der Waals surface area contributed by atoms with Crippen molar-refractivity contribution in [3.05, 3.63) is 51.6 Å². The molecule has 12 heteroatoms. The molecule has 1 aliphatic heterocycles. The van der Waals surface area contributed by atoms with Crippen molar-refractivity contribution in [2.24, 2.45) is 5.73 Å². The lowest BCUT2D eigenvalue weighted by molar-refractivity contribution is -0.247. The summed E-state index contributed by atoms with van der Waals surface area (Å²) in [6.45, 7) is 2.79. The Bertz CT molecular complexity index is 1380. The van der Waals surface area contributed by atoms with E-state index in [0.717, 1.165) is 0 Å². The molecule has 5 rings (SSSR count). The number of hydrogen-bond donors (Lipinski definition) is 5. The first-order chi connectivity index (χ1) is 18.4. The molecule has 2 aromatic carbocycles. The van der Waals surface area contributed by atoms with Gasteiger partial charge in [0.15, 0.2) is 17.9 Å². The predicted octanol–water partition coefficient (Wildman–Crippen LogP) is 1.75. The molecule has 0 amide bonds. The molecule has 39 heavy (non-hydrogen) atoms. The van der Waals surface area contributed by atoms with E-state index in [9.17, 15) is 34.8 Å². The number of rotatable bonds is 5. The monoisotopic (exact) mass is 605 g/mol. The van der Waals surface area contributed by atoms with Crippen LogP contribution >= 0.6 is 15.9 Å². The minimum absolute atomic E-state index is 0.0248. The van der Waals surface area contributed by atoms with Crippen LogP contribution in [0.5, 0.6) is 17.2 Å². The number of carbonyl (C=O) groups is 3. The van der Waals surface area contributed by atoms with Crippen LogP contribution in [0, 0.1) is 0 Å². The largest absolute Gasteiger partial charge is 0.507 e. The molecule has 208 valence electrons. The van der Waals surface area contributed by atoms with Gasteiger partial charge < -0.3 is 40.4 Å². The summed E-state index contributed by atoms with van der Waals surface area (Å²) in [5, 5.41) is 44.2. The highest BCUT2D eigenvalue weighted by Gasteiger charge is 2.49. The van der Waals surface area contributed by atoms with Crippen molar-refractivity contribution in [1.29, 1.82) is 0 Å². The number of phenolic OH excluding ortho intramolecular Hbond substituents is 2. The maximum atomic E-state index is 13.7. The van der Waals surface area contributed by atoms with Crippen LogP contribution in [0.3, 0.4) is 0 Å². The van der Waals surface area contributed by atoms with Crippen molar-refractivity contribution in [2.75, 3.05) is 5.52 Å². The number of halogens is 1. The van der Waals surface area contributed by atoms with Gasteiger partial charge in [-0.1, -0.05) is 12.1 Å². The molecule has 0 aromatic heterocycles. The Labute approximate surface area is 231 Å². The number of aliphatic hydroxyl groups is 2. The minimum Gasteiger partial charge on any atom is -0.507 e. The summed E-state index contributed by atoms with van der Waals surface area (Å²) >= 11 is 3.13. The van der Waals surface area contributed by atoms with Gasteiger partial charge in [-0.15, -0.1) is 0 Å². The van der Waals surface area contributed by atoms with Crippen LogP contribution in [-0.4, -0.2) is 73.4 Å². The second kappa shape index (κ2) is 9.95. The molecule has 6 atom stereocenters. The van der Waals surface area contributed by atoms with Gasteiger partial charge in [-0.05, 0) is 35.8 Å². The summed E-state index contributed by atoms with van der Waals surface area (Å²) in [5.74, 6) is -3.22. The number of ketones is 3. The topological polar surface area (TPSA) is 186 Å². The van der Waals surface area contributed by atoms with Gasteiger partial charge in [-0.2, -0.15) is 0 Å². The fraction of sp³-hybridized carbons (Fsp3) is 0.444. The second-order valence-corrected chi connectivity index (χ2v) is 10.6. The lowest BCUT2D eigenvalue weighted by atomic mass is 9.72. The van der Waals surface area contributed by atoms with Crippen LogP contribution in [-0.2, 0) is 20.7 Å². The van der Waals surface area contributed by atoms with Gasteiger partial charge in [-0.3, -0.25) is 14.4 Å². The van der Waals surface area contributed by atoms with Crippen LogP contribution in [0.25, 0.3) is 0 Å². The molecule has 0 radical (unpaired) electrons. The van der Waals surface area contributed by atoms with E-state index < -0.39 is 82.6 Å². The SMILES string of the molecule is CC(=O)[C@]1(O)Cc2c(O)c3c(c(O)c2[C@@H](OC2CC(N)C(O)C(C)O2)C1)C(=O)c1c(OCBr)cccc1C3=O. The normalized spacial score (nSPS) is 29.8. The first-order valence-corrected chi connectivity index (χ1v) is 13.5. The lowest BCUT2D eigenvalue weighted by Gasteiger charge is -2.42. The number of nitrogens with two attached hydrogens (primary N) is 1. The number of benzene rings is 2. The highest BCUT2D eigenvalue weighted by atomic mass is 79.9. The van der Waals surface area contributed by atoms with E-state index in [0.29, 0.717) is 0 Å². The van der Waals surface area contributed by atoms with Crippen molar-refractivity contribution in [3.63, 3.8) is 0 Å². The number of phenols is 2. The van der Waals surface area contributed by atoms with Crippen molar-refractivity contribution < 1.29 is 49.0 Å². The van der Waals surface area contributed by atoms with E-state index >= 15 is 0 Å². The number of ether oxygens (including phenoxy) is 3. The predicted molar refractivity (Wildman–Crippen MR) is 138 cm³/mol.